The minimum Gasteiger partial charge on any atom is -0.296 e. The lowest BCUT2D eigenvalue weighted by atomic mass is 10.2. The van der Waals surface area contributed by atoms with E-state index in [2.05, 4.69) is 11.1 Å². The highest BCUT2D eigenvalue weighted by molar-refractivity contribution is 8.25. The van der Waals surface area contributed by atoms with Gasteiger partial charge in [-0.3, -0.25) is 4.57 Å². The van der Waals surface area contributed by atoms with Crippen molar-refractivity contribution in [3.8, 4) is 6.07 Å². The first-order chi connectivity index (χ1) is 9.78. The van der Waals surface area contributed by atoms with Crippen LogP contribution in [0.2, 0.25) is 5.02 Å². The predicted octanol–water partition coefficient (Wildman–Crippen LogP) is 4.41. The van der Waals surface area contributed by atoms with Crippen molar-refractivity contribution < 1.29 is 0 Å². The van der Waals surface area contributed by atoms with Gasteiger partial charge in [0.25, 0.3) is 0 Å². The summed E-state index contributed by atoms with van der Waals surface area (Å²) in [5, 5.41) is 10.5. The van der Waals surface area contributed by atoms with Crippen LogP contribution in [0.5, 0.6) is 0 Å². The second-order valence-corrected chi connectivity index (χ2v) is 7.12. The molecule has 6 heteroatoms. The molecule has 0 aliphatic carbocycles. The zero-order valence-electron chi connectivity index (χ0n) is 10.4. The van der Waals surface area contributed by atoms with E-state index < -0.39 is 0 Å². The lowest BCUT2D eigenvalue weighted by Crippen LogP contribution is -1.92. The zero-order chi connectivity index (χ0) is 13.9. The quantitative estimate of drug-likeness (QED) is 0.769. The van der Waals surface area contributed by atoms with Gasteiger partial charge in [-0.15, -0.1) is 23.5 Å². The van der Waals surface area contributed by atoms with E-state index in [4.69, 9.17) is 11.6 Å². The third-order valence-corrected chi connectivity index (χ3v) is 6.11. The molecule has 2 heterocycles. The highest BCUT2D eigenvalue weighted by Gasteiger charge is 2.26. The maximum atomic E-state index is 9.35. The molecule has 100 valence electrons. The van der Waals surface area contributed by atoms with Crippen molar-refractivity contribution in [1.82, 2.24) is 9.55 Å². The molecule has 0 saturated carbocycles. The maximum Gasteiger partial charge on any atom is 0.145 e. The third kappa shape index (κ3) is 2.73. The minimum absolute atomic E-state index is 0.360. The van der Waals surface area contributed by atoms with Gasteiger partial charge in [-0.05, 0) is 17.7 Å². The molecule has 0 amide bonds. The van der Waals surface area contributed by atoms with Gasteiger partial charge in [0, 0.05) is 28.4 Å². The number of thioether (sulfide) groups is 2. The second kappa shape index (κ2) is 5.96. The number of nitriles is 1. The summed E-state index contributed by atoms with van der Waals surface area (Å²) >= 11 is 9.36. The second-order valence-electron chi connectivity index (χ2n) is 4.19. The largest absolute Gasteiger partial charge is 0.296 e. The van der Waals surface area contributed by atoms with Crippen LogP contribution in [0.15, 0.2) is 47.2 Å². The lowest BCUT2D eigenvalue weighted by Gasteiger charge is -2.08. The number of imidazole rings is 1. The van der Waals surface area contributed by atoms with Crippen LogP contribution in [-0.2, 0) is 0 Å². The van der Waals surface area contributed by atoms with Crippen LogP contribution >= 0.6 is 35.1 Å². The smallest absolute Gasteiger partial charge is 0.145 e. The number of halogens is 1. The first-order valence-corrected chi connectivity index (χ1v) is 8.20. The van der Waals surface area contributed by atoms with Crippen LogP contribution in [0, 0.1) is 11.3 Å². The Balaban J connectivity index is 1.86. The van der Waals surface area contributed by atoms with Gasteiger partial charge >= 0.3 is 0 Å². The van der Waals surface area contributed by atoms with E-state index in [-0.39, 0.29) is 0 Å². The zero-order valence-corrected chi connectivity index (χ0v) is 12.8. The number of allylic oxidation sites excluding steroid dienone is 1. The first-order valence-electron chi connectivity index (χ1n) is 5.95. The molecule has 0 unspecified atom stereocenters. The molecular formula is C14H10ClN3S2. The van der Waals surface area contributed by atoms with Crippen LogP contribution in [0.4, 0.5) is 0 Å². The van der Waals surface area contributed by atoms with Crippen molar-refractivity contribution in [1.29, 1.82) is 5.26 Å². The van der Waals surface area contributed by atoms with Crippen molar-refractivity contribution in [3.05, 3.63) is 57.8 Å². The standard InChI is InChI=1S/C14H10ClN3S2/c15-11-3-1-10(2-4-11)13-8-19-14(20-13)12(7-16)18-6-5-17-9-18/h1-6,9,13H,8H2/b14-12+/t13-/m0/s1. The molecular weight excluding hydrogens is 310 g/mol. The fourth-order valence-electron chi connectivity index (χ4n) is 1.91. The monoisotopic (exact) mass is 319 g/mol. The number of hydrogen-bond acceptors (Lipinski definition) is 4. The van der Waals surface area contributed by atoms with Crippen LogP contribution in [0.25, 0.3) is 5.70 Å². The van der Waals surface area contributed by atoms with E-state index in [0.717, 1.165) is 15.0 Å². The Morgan fingerprint density at radius 2 is 2.20 bits per heavy atom. The summed E-state index contributed by atoms with van der Waals surface area (Å²) < 4.78 is 2.81. The van der Waals surface area contributed by atoms with E-state index in [1.54, 1.807) is 46.8 Å². The van der Waals surface area contributed by atoms with Crippen LogP contribution in [0.1, 0.15) is 10.8 Å². The molecule has 3 rings (SSSR count). The molecule has 1 saturated heterocycles. The summed E-state index contributed by atoms with van der Waals surface area (Å²) in [7, 11) is 0. The molecule has 1 aromatic carbocycles. The summed E-state index contributed by atoms with van der Waals surface area (Å²) in [6.45, 7) is 0. The van der Waals surface area contributed by atoms with Gasteiger partial charge in [-0.25, -0.2) is 4.98 Å². The Morgan fingerprint density at radius 1 is 1.40 bits per heavy atom. The van der Waals surface area contributed by atoms with Crippen molar-refractivity contribution in [2.75, 3.05) is 5.75 Å². The van der Waals surface area contributed by atoms with E-state index in [9.17, 15) is 5.26 Å². The number of hydrogen-bond donors (Lipinski definition) is 0. The molecule has 1 aliphatic heterocycles. The highest BCUT2D eigenvalue weighted by Crippen LogP contribution is 2.52. The van der Waals surface area contributed by atoms with E-state index in [0.29, 0.717) is 10.9 Å². The Hall–Kier alpha value is -1.35. The first kappa shape index (κ1) is 13.6. The maximum absolute atomic E-state index is 9.35. The highest BCUT2D eigenvalue weighted by atomic mass is 35.5. The van der Waals surface area contributed by atoms with Gasteiger partial charge in [0.2, 0.25) is 0 Å². The molecule has 3 nitrogen and oxygen atoms in total. The fraction of sp³-hybridized carbons (Fsp3) is 0.143. The van der Waals surface area contributed by atoms with Crippen molar-refractivity contribution in [2.24, 2.45) is 0 Å². The fourth-order valence-corrected chi connectivity index (χ4v) is 4.94. The Kier molecular flexibility index (Phi) is 4.06. The molecule has 2 aromatic rings. The van der Waals surface area contributed by atoms with E-state index in [1.807, 2.05) is 24.3 Å². The number of nitrogens with zero attached hydrogens (tertiary/aromatic N) is 3. The van der Waals surface area contributed by atoms with Gasteiger partial charge in [-0.2, -0.15) is 5.26 Å². The molecule has 20 heavy (non-hydrogen) atoms. The van der Waals surface area contributed by atoms with Crippen LogP contribution in [0.3, 0.4) is 0 Å². The molecule has 0 N–H and O–H groups in total. The van der Waals surface area contributed by atoms with Crippen LogP contribution in [-0.4, -0.2) is 15.3 Å². The Bertz CT molecular complexity index is 671. The Labute approximate surface area is 130 Å². The van der Waals surface area contributed by atoms with Gasteiger partial charge < -0.3 is 0 Å². The number of benzene rings is 1. The van der Waals surface area contributed by atoms with Gasteiger partial charge in [0.05, 0.1) is 10.6 Å². The third-order valence-electron chi connectivity index (χ3n) is 2.92. The Morgan fingerprint density at radius 3 is 2.85 bits per heavy atom. The van der Waals surface area contributed by atoms with Gasteiger partial charge in [-0.1, -0.05) is 23.7 Å². The molecule has 0 spiro atoms. The molecule has 1 aromatic heterocycles. The van der Waals surface area contributed by atoms with E-state index >= 15 is 0 Å². The topological polar surface area (TPSA) is 41.6 Å². The normalized spacial score (nSPS) is 20.7. The van der Waals surface area contributed by atoms with Crippen molar-refractivity contribution in [3.63, 3.8) is 0 Å². The average Bonchev–Trinajstić information content (AvgIpc) is 3.12. The summed E-state index contributed by atoms with van der Waals surface area (Å²) in [5.41, 5.74) is 1.89. The summed E-state index contributed by atoms with van der Waals surface area (Å²) in [6.07, 6.45) is 5.13. The van der Waals surface area contributed by atoms with Gasteiger partial charge in [0.15, 0.2) is 0 Å². The van der Waals surface area contributed by atoms with Gasteiger partial charge in [0.1, 0.15) is 11.8 Å². The number of rotatable bonds is 2. The molecule has 0 bridgehead atoms. The van der Waals surface area contributed by atoms with E-state index in [1.165, 1.54) is 5.56 Å². The molecule has 1 atom stereocenters. The lowest BCUT2D eigenvalue weighted by molar-refractivity contribution is 1.10. The van der Waals surface area contributed by atoms with Crippen LogP contribution < -0.4 is 0 Å². The number of aromatic nitrogens is 2. The summed E-state index contributed by atoms with van der Waals surface area (Å²) in [6, 6.07) is 10.2. The summed E-state index contributed by atoms with van der Waals surface area (Å²) in [5.74, 6) is 0.960. The summed E-state index contributed by atoms with van der Waals surface area (Å²) in [4.78, 5) is 3.99. The minimum atomic E-state index is 0.360. The SMILES string of the molecule is N#C/C(=C1/SC[C@@H](c2ccc(Cl)cc2)S1)n1ccnc1. The van der Waals surface area contributed by atoms with Crippen molar-refractivity contribution >= 4 is 40.8 Å². The molecule has 1 fully saturated rings. The average molecular weight is 320 g/mol. The van der Waals surface area contributed by atoms with Crippen molar-refractivity contribution in [2.45, 2.75) is 5.25 Å². The molecule has 0 radical (unpaired) electrons. The molecule has 1 aliphatic rings. The predicted molar refractivity (Wildman–Crippen MR) is 85.3 cm³/mol.